The normalized spacial score (nSPS) is 12.9. The fourth-order valence-electron chi connectivity index (χ4n) is 1.51. The van der Waals surface area contributed by atoms with Crippen LogP contribution in [0.4, 0.5) is 4.39 Å². The molecule has 0 spiro atoms. The number of hydrogen-bond donors (Lipinski definition) is 1. The highest BCUT2D eigenvalue weighted by Crippen LogP contribution is 2.26. The molecule has 0 bridgehead atoms. The zero-order valence-corrected chi connectivity index (χ0v) is 14.1. The van der Waals surface area contributed by atoms with Crippen molar-refractivity contribution in [2.45, 2.75) is 31.2 Å². The summed E-state index contributed by atoms with van der Waals surface area (Å²) in [4.78, 5) is -0.0194. The molecule has 0 unspecified atom stereocenters. The van der Waals surface area contributed by atoms with Crippen LogP contribution in [-0.2, 0) is 14.8 Å². The van der Waals surface area contributed by atoms with Gasteiger partial charge in [-0.25, -0.2) is 17.5 Å². The van der Waals surface area contributed by atoms with Crippen molar-refractivity contribution in [1.29, 1.82) is 0 Å². The molecule has 0 aliphatic carbocycles. The third-order valence-electron chi connectivity index (χ3n) is 2.17. The fraction of sp³-hybridized carbons (Fsp3) is 0.385. The Kier molecular flexibility index (Phi) is 5.34. The Morgan fingerprint density at radius 3 is 2.45 bits per heavy atom. The number of sulfonamides is 1. The van der Waals surface area contributed by atoms with Crippen molar-refractivity contribution < 1.29 is 17.5 Å². The second-order valence-corrected chi connectivity index (χ2v) is 7.70. The van der Waals surface area contributed by atoms with Gasteiger partial charge < -0.3 is 4.74 Å². The van der Waals surface area contributed by atoms with E-state index in [2.05, 4.69) is 20.7 Å². The van der Waals surface area contributed by atoms with Gasteiger partial charge in [0, 0.05) is 11.1 Å². The van der Waals surface area contributed by atoms with Crippen molar-refractivity contribution in [3.05, 3.63) is 34.2 Å². The van der Waals surface area contributed by atoms with Crippen LogP contribution in [0.1, 0.15) is 26.3 Å². The van der Waals surface area contributed by atoms with Crippen molar-refractivity contribution in [3.63, 3.8) is 0 Å². The minimum Gasteiger partial charge on any atom is -0.504 e. The van der Waals surface area contributed by atoms with Crippen LogP contribution in [0.2, 0.25) is 0 Å². The Labute approximate surface area is 127 Å². The van der Waals surface area contributed by atoms with Gasteiger partial charge in [0.2, 0.25) is 10.0 Å². The number of hydrogen-bond acceptors (Lipinski definition) is 3. The van der Waals surface area contributed by atoms with Crippen molar-refractivity contribution in [3.8, 4) is 0 Å². The van der Waals surface area contributed by atoms with Crippen molar-refractivity contribution >= 4 is 32.0 Å². The van der Waals surface area contributed by atoms with Crippen LogP contribution in [0.3, 0.4) is 0 Å². The van der Waals surface area contributed by atoms with E-state index in [-0.39, 0.29) is 14.9 Å². The van der Waals surface area contributed by atoms with Crippen LogP contribution in [0.5, 0.6) is 0 Å². The van der Waals surface area contributed by atoms with Gasteiger partial charge >= 0.3 is 0 Å². The molecule has 1 N–H and O–H groups in total. The number of rotatable bonds is 4. The van der Waals surface area contributed by atoms with Crippen LogP contribution < -0.4 is 4.72 Å². The van der Waals surface area contributed by atoms with Crippen LogP contribution in [0.25, 0.3) is 6.08 Å². The Balaban J connectivity index is 3.42. The van der Waals surface area contributed by atoms with Gasteiger partial charge in [0.05, 0.1) is 22.7 Å². The second kappa shape index (κ2) is 6.24. The number of nitrogens with one attached hydrogen (secondary N) is 1. The molecule has 112 valence electrons. The minimum absolute atomic E-state index is 0.0194. The molecule has 7 heteroatoms. The number of ether oxygens (including phenoxy) is 1. The van der Waals surface area contributed by atoms with Crippen LogP contribution >= 0.6 is 15.9 Å². The average molecular weight is 366 g/mol. The standard InChI is InChI=1S/C13H17BrFNO3S/c1-13(2,3)16-20(17,18)12-8-10(14)11(15)7-9(12)5-6-19-4/h5-8,16H,1-4H3/b6-5-. The van der Waals surface area contributed by atoms with Gasteiger partial charge in [-0.2, -0.15) is 0 Å². The van der Waals surface area contributed by atoms with E-state index in [4.69, 9.17) is 4.74 Å². The van der Waals surface area contributed by atoms with Crippen LogP contribution in [-0.4, -0.2) is 21.1 Å². The molecule has 0 fully saturated rings. The second-order valence-electron chi connectivity index (χ2n) is 5.20. The maximum atomic E-state index is 13.6. The largest absolute Gasteiger partial charge is 0.504 e. The molecule has 0 aliphatic heterocycles. The Morgan fingerprint density at radius 2 is 1.95 bits per heavy atom. The zero-order chi connectivity index (χ0) is 15.6. The van der Waals surface area contributed by atoms with E-state index >= 15 is 0 Å². The molecule has 0 amide bonds. The molecule has 0 aliphatic rings. The Bertz CT molecular complexity index is 621. The first-order chi connectivity index (χ1) is 9.07. The predicted molar refractivity (Wildman–Crippen MR) is 80.2 cm³/mol. The topological polar surface area (TPSA) is 55.4 Å². The lowest BCUT2D eigenvalue weighted by atomic mass is 10.1. The van der Waals surface area contributed by atoms with Gasteiger partial charge in [0.1, 0.15) is 5.82 Å². The van der Waals surface area contributed by atoms with Crippen molar-refractivity contribution in [2.24, 2.45) is 0 Å². The summed E-state index contributed by atoms with van der Waals surface area (Å²) in [5.41, 5.74) is -0.425. The first-order valence-electron chi connectivity index (χ1n) is 5.79. The van der Waals surface area contributed by atoms with E-state index in [0.29, 0.717) is 0 Å². The van der Waals surface area contributed by atoms with Gasteiger partial charge in [0.25, 0.3) is 0 Å². The van der Waals surface area contributed by atoms with E-state index in [1.54, 1.807) is 20.8 Å². The van der Waals surface area contributed by atoms with E-state index in [1.807, 2.05) is 0 Å². The number of methoxy groups -OCH3 is 1. The molecule has 0 aromatic heterocycles. The zero-order valence-electron chi connectivity index (χ0n) is 11.7. The predicted octanol–water partition coefficient (Wildman–Crippen LogP) is 3.28. The van der Waals surface area contributed by atoms with E-state index < -0.39 is 21.4 Å². The lowest BCUT2D eigenvalue weighted by Gasteiger charge is -2.21. The summed E-state index contributed by atoms with van der Waals surface area (Å²) < 4.78 is 45.7. The fourth-order valence-corrected chi connectivity index (χ4v) is 3.63. The van der Waals surface area contributed by atoms with Crippen molar-refractivity contribution in [2.75, 3.05) is 7.11 Å². The molecule has 1 aromatic rings. The van der Waals surface area contributed by atoms with E-state index in [9.17, 15) is 12.8 Å². The van der Waals surface area contributed by atoms with Gasteiger partial charge in [-0.05, 0) is 54.9 Å². The molecule has 1 rings (SSSR count). The van der Waals surface area contributed by atoms with Crippen LogP contribution in [0, 0.1) is 5.82 Å². The lowest BCUT2D eigenvalue weighted by Crippen LogP contribution is -2.40. The summed E-state index contributed by atoms with van der Waals surface area (Å²) >= 11 is 3.00. The van der Waals surface area contributed by atoms with Gasteiger partial charge in [-0.15, -0.1) is 0 Å². The first-order valence-corrected chi connectivity index (χ1v) is 8.07. The number of benzene rings is 1. The highest BCUT2D eigenvalue weighted by molar-refractivity contribution is 9.10. The molecular formula is C13H17BrFNO3S. The summed E-state index contributed by atoms with van der Waals surface area (Å²) in [5.74, 6) is -0.546. The van der Waals surface area contributed by atoms with E-state index in [0.717, 1.165) is 6.07 Å². The third kappa shape index (κ3) is 4.57. The minimum atomic E-state index is -3.77. The third-order valence-corrected chi connectivity index (χ3v) is 4.59. The molecule has 0 radical (unpaired) electrons. The highest BCUT2D eigenvalue weighted by atomic mass is 79.9. The van der Waals surface area contributed by atoms with Crippen LogP contribution in [0.15, 0.2) is 27.8 Å². The summed E-state index contributed by atoms with van der Waals surface area (Å²) in [6, 6.07) is 2.37. The smallest absolute Gasteiger partial charge is 0.241 e. The highest BCUT2D eigenvalue weighted by Gasteiger charge is 2.25. The molecule has 0 saturated carbocycles. The maximum Gasteiger partial charge on any atom is 0.241 e. The van der Waals surface area contributed by atoms with Gasteiger partial charge in [-0.1, -0.05) is 0 Å². The molecule has 20 heavy (non-hydrogen) atoms. The SMILES string of the molecule is CO/C=C\c1cc(F)c(Br)cc1S(=O)(=O)NC(C)(C)C. The quantitative estimate of drug-likeness (QED) is 0.832. The molecule has 0 heterocycles. The summed E-state index contributed by atoms with van der Waals surface area (Å²) in [6.45, 7) is 5.19. The Hall–Kier alpha value is -0.920. The molecule has 1 aromatic carbocycles. The monoisotopic (exact) mass is 365 g/mol. The number of halogens is 2. The molecular weight excluding hydrogens is 349 g/mol. The first kappa shape index (κ1) is 17.1. The summed E-state index contributed by atoms with van der Waals surface area (Å²) in [6.07, 6.45) is 2.69. The summed E-state index contributed by atoms with van der Waals surface area (Å²) in [7, 11) is -2.35. The van der Waals surface area contributed by atoms with Crippen molar-refractivity contribution in [1.82, 2.24) is 4.72 Å². The Morgan fingerprint density at radius 1 is 1.35 bits per heavy atom. The molecule has 0 saturated heterocycles. The lowest BCUT2D eigenvalue weighted by molar-refractivity contribution is 0.341. The average Bonchev–Trinajstić information content (AvgIpc) is 2.26. The summed E-state index contributed by atoms with van der Waals surface area (Å²) in [5, 5.41) is 0. The van der Waals surface area contributed by atoms with Gasteiger partial charge in [-0.3, -0.25) is 0 Å². The van der Waals surface area contributed by atoms with E-state index in [1.165, 1.54) is 25.5 Å². The van der Waals surface area contributed by atoms with Gasteiger partial charge in [0.15, 0.2) is 0 Å². The molecule has 4 nitrogen and oxygen atoms in total. The maximum absolute atomic E-state index is 13.6. The molecule has 0 atom stereocenters.